The molecule has 0 saturated heterocycles. The lowest BCUT2D eigenvalue weighted by Gasteiger charge is -2.20. The van der Waals surface area contributed by atoms with Crippen molar-refractivity contribution in [3.8, 4) is 11.4 Å². The van der Waals surface area contributed by atoms with Gasteiger partial charge in [-0.05, 0) is 63.9 Å². The maximum atomic E-state index is 12.2. The van der Waals surface area contributed by atoms with E-state index in [9.17, 15) is 9.59 Å². The molecule has 0 atom stereocenters. The van der Waals surface area contributed by atoms with Crippen LogP contribution in [0.3, 0.4) is 0 Å². The molecule has 6 heteroatoms. The molecule has 1 aromatic heterocycles. The number of nitrogens with one attached hydrogen (secondary N) is 1. The van der Waals surface area contributed by atoms with Crippen LogP contribution in [0.1, 0.15) is 31.9 Å². The average Bonchev–Trinajstić information content (AvgIpc) is 2.44. The molecule has 0 fully saturated rings. The Labute approximate surface area is 146 Å². The lowest BCUT2D eigenvalue weighted by molar-refractivity contribution is 0.190. The Kier molecular flexibility index (Phi) is 5.04. The van der Waals surface area contributed by atoms with Crippen molar-refractivity contribution in [2.45, 2.75) is 40.2 Å². The number of pyridine rings is 1. The van der Waals surface area contributed by atoms with Gasteiger partial charge in [-0.3, -0.25) is 9.36 Å². The summed E-state index contributed by atoms with van der Waals surface area (Å²) >= 11 is 6.17. The molecule has 1 N–H and O–H groups in total. The molecule has 0 aliphatic rings. The predicted octanol–water partition coefficient (Wildman–Crippen LogP) is 3.99. The highest BCUT2D eigenvalue weighted by Gasteiger charge is 2.16. The zero-order valence-corrected chi connectivity index (χ0v) is 15.2. The van der Waals surface area contributed by atoms with Crippen molar-refractivity contribution in [2.24, 2.45) is 0 Å². The van der Waals surface area contributed by atoms with Crippen LogP contribution in [-0.2, 0) is 0 Å². The van der Waals surface area contributed by atoms with Crippen LogP contribution in [0.25, 0.3) is 5.69 Å². The maximum absolute atomic E-state index is 12.2. The zero-order valence-electron chi connectivity index (χ0n) is 14.4. The van der Waals surface area contributed by atoms with Gasteiger partial charge in [0.15, 0.2) is 0 Å². The quantitative estimate of drug-likeness (QED) is 0.892. The van der Waals surface area contributed by atoms with E-state index in [1.807, 2.05) is 46.8 Å². The first-order valence-corrected chi connectivity index (χ1v) is 7.94. The summed E-state index contributed by atoms with van der Waals surface area (Å²) in [4.78, 5) is 24.0. The predicted molar refractivity (Wildman–Crippen MR) is 95.4 cm³/mol. The Morgan fingerprint density at radius 1 is 1.17 bits per heavy atom. The molecule has 5 nitrogen and oxygen atoms in total. The fourth-order valence-electron chi connectivity index (χ4n) is 2.23. The topological polar surface area (TPSA) is 60.3 Å². The first kappa shape index (κ1) is 18.1. The Balaban J connectivity index is 2.36. The van der Waals surface area contributed by atoms with Crippen molar-refractivity contribution in [1.29, 1.82) is 0 Å². The van der Waals surface area contributed by atoms with E-state index in [1.165, 1.54) is 22.9 Å². The van der Waals surface area contributed by atoms with Gasteiger partial charge >= 0.3 is 6.09 Å². The number of ether oxygens (including phenoxy) is 1. The van der Waals surface area contributed by atoms with Gasteiger partial charge in [-0.25, -0.2) is 4.79 Å². The van der Waals surface area contributed by atoms with Crippen molar-refractivity contribution >= 4 is 17.7 Å². The first-order chi connectivity index (χ1) is 11.1. The second kappa shape index (κ2) is 6.69. The molecule has 0 aliphatic carbocycles. The summed E-state index contributed by atoms with van der Waals surface area (Å²) in [6, 6.07) is 6.46. The van der Waals surface area contributed by atoms with Crippen LogP contribution < -0.4 is 15.6 Å². The van der Waals surface area contributed by atoms with Crippen molar-refractivity contribution < 1.29 is 9.53 Å². The van der Waals surface area contributed by atoms with Gasteiger partial charge in [-0.2, -0.15) is 0 Å². The molecule has 24 heavy (non-hydrogen) atoms. The van der Waals surface area contributed by atoms with E-state index in [0.717, 1.165) is 11.1 Å². The molecule has 0 aliphatic heterocycles. The van der Waals surface area contributed by atoms with E-state index in [0.29, 0.717) is 10.7 Å². The number of amides is 1. The van der Waals surface area contributed by atoms with Gasteiger partial charge < -0.3 is 10.1 Å². The highest BCUT2D eigenvalue weighted by molar-refractivity contribution is 6.32. The molecular weight excluding hydrogens is 328 g/mol. The Morgan fingerprint density at radius 2 is 1.75 bits per heavy atom. The number of benzene rings is 1. The molecule has 0 saturated carbocycles. The molecule has 128 valence electrons. The van der Waals surface area contributed by atoms with Crippen LogP contribution in [0.15, 0.2) is 35.3 Å². The van der Waals surface area contributed by atoms with Crippen molar-refractivity contribution in [2.75, 3.05) is 0 Å². The monoisotopic (exact) mass is 348 g/mol. The smallest absolute Gasteiger partial charge is 0.409 e. The number of carbonyl (C=O) groups is 1. The Morgan fingerprint density at radius 3 is 2.29 bits per heavy atom. The van der Waals surface area contributed by atoms with Gasteiger partial charge in [-0.15, -0.1) is 0 Å². The standard InChI is InChI=1S/C18H21ClN2O3/c1-11-8-13(9-12(2)16(11)19)21-10-14(6-7-15(21)22)24-17(23)20-18(3,4)5/h6-10H,1-5H3,(H,20,23). The largest absolute Gasteiger partial charge is 0.413 e. The highest BCUT2D eigenvalue weighted by atomic mass is 35.5. The molecule has 1 heterocycles. The number of aryl methyl sites for hydroxylation is 2. The van der Waals surface area contributed by atoms with E-state index in [-0.39, 0.29) is 11.3 Å². The van der Waals surface area contributed by atoms with Gasteiger partial charge in [0, 0.05) is 22.3 Å². The van der Waals surface area contributed by atoms with Crippen LogP contribution in [0, 0.1) is 13.8 Å². The first-order valence-electron chi connectivity index (χ1n) is 7.56. The lowest BCUT2D eigenvalue weighted by atomic mass is 10.1. The molecule has 0 unspecified atom stereocenters. The van der Waals surface area contributed by atoms with Crippen LogP contribution in [0.4, 0.5) is 4.79 Å². The lowest BCUT2D eigenvalue weighted by Crippen LogP contribution is -2.42. The third-order valence-corrected chi connectivity index (χ3v) is 3.87. The number of nitrogens with zero attached hydrogens (tertiary/aromatic N) is 1. The minimum Gasteiger partial charge on any atom is -0.409 e. The minimum absolute atomic E-state index is 0.222. The fraction of sp³-hybridized carbons (Fsp3) is 0.333. The van der Waals surface area contributed by atoms with Crippen LogP contribution in [0.5, 0.6) is 5.75 Å². The number of hydrogen-bond acceptors (Lipinski definition) is 3. The van der Waals surface area contributed by atoms with E-state index in [4.69, 9.17) is 16.3 Å². The fourth-order valence-corrected chi connectivity index (χ4v) is 2.34. The van der Waals surface area contributed by atoms with Gasteiger partial charge in [-0.1, -0.05) is 11.6 Å². The molecule has 1 amide bonds. The van der Waals surface area contributed by atoms with Crippen molar-refractivity contribution in [1.82, 2.24) is 9.88 Å². The number of hydrogen-bond donors (Lipinski definition) is 1. The summed E-state index contributed by atoms with van der Waals surface area (Å²) in [5, 5.41) is 3.37. The van der Waals surface area contributed by atoms with Crippen LogP contribution >= 0.6 is 11.6 Å². The van der Waals surface area contributed by atoms with Gasteiger partial charge in [0.2, 0.25) is 0 Å². The molecule has 1 aromatic carbocycles. The summed E-state index contributed by atoms with van der Waals surface area (Å²) in [6.45, 7) is 9.32. The number of aromatic nitrogens is 1. The minimum atomic E-state index is -0.573. The van der Waals surface area contributed by atoms with Gasteiger partial charge in [0.1, 0.15) is 5.75 Å². The SMILES string of the molecule is Cc1cc(-n2cc(OC(=O)NC(C)(C)C)ccc2=O)cc(C)c1Cl. The molecular formula is C18H21ClN2O3. The molecule has 2 aromatic rings. The van der Waals surface area contributed by atoms with Crippen molar-refractivity contribution in [3.63, 3.8) is 0 Å². The summed E-state index contributed by atoms with van der Waals surface area (Å²) in [6.07, 6.45) is 0.920. The summed E-state index contributed by atoms with van der Waals surface area (Å²) in [5.74, 6) is 0.279. The number of rotatable bonds is 2. The highest BCUT2D eigenvalue weighted by Crippen LogP contribution is 2.24. The molecule has 0 bridgehead atoms. The molecule has 0 radical (unpaired) electrons. The number of halogens is 1. The second-order valence-corrected chi connectivity index (χ2v) is 7.11. The van der Waals surface area contributed by atoms with Gasteiger partial charge in [0.25, 0.3) is 5.56 Å². The Hall–Kier alpha value is -2.27. The summed E-state index contributed by atoms with van der Waals surface area (Å²) in [7, 11) is 0. The average molecular weight is 349 g/mol. The normalized spacial score (nSPS) is 11.2. The summed E-state index contributed by atoms with van der Waals surface area (Å²) in [5.41, 5.74) is 1.78. The Bertz CT molecular complexity index is 812. The van der Waals surface area contributed by atoms with E-state index < -0.39 is 11.6 Å². The zero-order chi connectivity index (χ0) is 18.1. The van der Waals surface area contributed by atoms with E-state index in [2.05, 4.69) is 5.32 Å². The van der Waals surface area contributed by atoms with Gasteiger partial charge in [0.05, 0.1) is 6.20 Å². The van der Waals surface area contributed by atoms with E-state index in [1.54, 1.807) is 0 Å². The van der Waals surface area contributed by atoms with Crippen LogP contribution in [-0.4, -0.2) is 16.2 Å². The third-order valence-electron chi connectivity index (χ3n) is 3.27. The van der Waals surface area contributed by atoms with Crippen LogP contribution in [0.2, 0.25) is 5.02 Å². The maximum Gasteiger partial charge on any atom is 0.413 e. The van der Waals surface area contributed by atoms with Crippen molar-refractivity contribution in [3.05, 3.63) is 57.0 Å². The summed E-state index contributed by atoms with van der Waals surface area (Å²) < 4.78 is 6.68. The molecule has 2 rings (SSSR count). The third kappa shape index (κ3) is 4.38. The number of carbonyl (C=O) groups excluding carboxylic acids is 1. The second-order valence-electron chi connectivity index (χ2n) is 6.73. The molecule has 0 spiro atoms. The van der Waals surface area contributed by atoms with E-state index >= 15 is 0 Å².